The van der Waals surface area contributed by atoms with Gasteiger partial charge < -0.3 is 25.5 Å². The minimum absolute atomic E-state index is 0.0660. The molecule has 2 aliphatic rings. The molecule has 0 amide bonds. The van der Waals surface area contributed by atoms with E-state index in [1.807, 2.05) is 0 Å². The van der Waals surface area contributed by atoms with Crippen molar-refractivity contribution in [2.45, 2.75) is 42.6 Å². The molecular formula is C8H15NO5. The van der Waals surface area contributed by atoms with Gasteiger partial charge in [-0.3, -0.25) is 4.90 Å². The minimum Gasteiger partial charge on any atom is -0.391 e. The van der Waals surface area contributed by atoms with Crippen molar-refractivity contribution < 1.29 is 25.5 Å². The van der Waals surface area contributed by atoms with Gasteiger partial charge in [-0.25, -0.2) is 0 Å². The Morgan fingerprint density at radius 2 is 1.71 bits per heavy atom. The van der Waals surface area contributed by atoms with Crippen molar-refractivity contribution >= 4 is 0 Å². The highest BCUT2D eigenvalue weighted by Crippen LogP contribution is 2.41. The summed E-state index contributed by atoms with van der Waals surface area (Å²) in [5.74, 6) is 0. The number of rotatable bonds is 0. The summed E-state index contributed by atoms with van der Waals surface area (Å²) in [5.41, 5.74) is -1.64. The Bertz CT molecular complexity index is 244. The number of likely N-dealkylation sites (N-methyl/N-ethyl adjacent to an activating group) is 1. The van der Waals surface area contributed by atoms with Crippen LogP contribution in [0.5, 0.6) is 0 Å². The molecule has 0 saturated carbocycles. The molecule has 0 radical (unpaired) electrons. The zero-order chi connectivity index (χ0) is 10.7. The van der Waals surface area contributed by atoms with Crippen LogP contribution in [0.3, 0.4) is 0 Å². The van der Waals surface area contributed by atoms with E-state index in [0.717, 1.165) is 0 Å². The van der Waals surface area contributed by atoms with Crippen LogP contribution in [-0.4, -0.2) is 73.7 Å². The van der Waals surface area contributed by atoms with E-state index in [4.69, 9.17) is 0 Å². The Morgan fingerprint density at radius 1 is 1.14 bits per heavy atom. The molecule has 0 aromatic rings. The summed E-state index contributed by atoms with van der Waals surface area (Å²) in [6.45, 7) is 0. The number of hydrogen-bond acceptors (Lipinski definition) is 6. The lowest BCUT2D eigenvalue weighted by Crippen LogP contribution is -2.68. The normalized spacial score (nSPS) is 59.1. The molecule has 6 nitrogen and oxygen atoms in total. The Kier molecular flexibility index (Phi) is 2.11. The second-order valence-corrected chi connectivity index (χ2v) is 4.18. The third-order valence-electron chi connectivity index (χ3n) is 3.46. The molecule has 2 fully saturated rings. The van der Waals surface area contributed by atoms with Crippen LogP contribution >= 0.6 is 0 Å². The van der Waals surface area contributed by atoms with E-state index in [-0.39, 0.29) is 6.42 Å². The number of aliphatic hydroxyl groups is 5. The molecule has 82 valence electrons. The lowest BCUT2D eigenvalue weighted by atomic mass is 9.92. The zero-order valence-electron chi connectivity index (χ0n) is 7.78. The Balaban J connectivity index is 2.38. The van der Waals surface area contributed by atoms with Crippen LogP contribution in [0.4, 0.5) is 0 Å². The Morgan fingerprint density at radius 3 is 2.29 bits per heavy atom. The molecule has 2 saturated heterocycles. The molecule has 6 atom stereocenters. The molecule has 6 unspecified atom stereocenters. The number of piperidine rings is 1. The maximum Gasteiger partial charge on any atom is 0.149 e. The van der Waals surface area contributed by atoms with Crippen molar-refractivity contribution in [1.29, 1.82) is 0 Å². The van der Waals surface area contributed by atoms with E-state index in [9.17, 15) is 25.5 Å². The van der Waals surface area contributed by atoms with Crippen LogP contribution in [0.15, 0.2) is 0 Å². The molecule has 0 aromatic heterocycles. The predicted molar refractivity (Wildman–Crippen MR) is 45.1 cm³/mol. The lowest BCUT2D eigenvalue weighted by molar-refractivity contribution is -0.244. The molecule has 0 aliphatic carbocycles. The summed E-state index contributed by atoms with van der Waals surface area (Å²) in [6.07, 6.45) is -5.13. The summed E-state index contributed by atoms with van der Waals surface area (Å²) in [7, 11) is 1.50. The van der Waals surface area contributed by atoms with Gasteiger partial charge in [0.2, 0.25) is 0 Å². The fourth-order valence-corrected chi connectivity index (χ4v) is 2.54. The highest BCUT2D eigenvalue weighted by Gasteiger charge is 2.62. The number of fused-ring (bicyclic) bond motifs is 2. The first-order chi connectivity index (χ1) is 6.39. The van der Waals surface area contributed by atoms with Crippen molar-refractivity contribution in [3.63, 3.8) is 0 Å². The molecule has 0 spiro atoms. The van der Waals surface area contributed by atoms with Crippen LogP contribution in [0, 0.1) is 0 Å². The van der Waals surface area contributed by atoms with Crippen molar-refractivity contribution in [2.24, 2.45) is 0 Å². The van der Waals surface area contributed by atoms with E-state index < -0.39 is 36.2 Å². The molecular weight excluding hydrogens is 190 g/mol. The van der Waals surface area contributed by atoms with E-state index in [1.54, 1.807) is 0 Å². The second-order valence-electron chi connectivity index (χ2n) is 4.18. The second kappa shape index (κ2) is 2.88. The average Bonchev–Trinajstić information content (AvgIpc) is 2.31. The molecule has 6 heteroatoms. The topological polar surface area (TPSA) is 104 Å². The van der Waals surface area contributed by atoms with Gasteiger partial charge in [-0.1, -0.05) is 0 Å². The first-order valence-corrected chi connectivity index (χ1v) is 4.57. The number of nitrogens with zero attached hydrogens (tertiary/aromatic N) is 1. The third-order valence-corrected chi connectivity index (χ3v) is 3.46. The van der Waals surface area contributed by atoms with Crippen molar-refractivity contribution in [3.8, 4) is 0 Å². The fourth-order valence-electron chi connectivity index (χ4n) is 2.54. The molecule has 0 aromatic carbocycles. The summed E-state index contributed by atoms with van der Waals surface area (Å²) in [5, 5.41) is 48.1. The molecule has 2 bridgehead atoms. The number of hydrogen-bond donors (Lipinski definition) is 5. The molecule has 2 aliphatic heterocycles. The highest BCUT2D eigenvalue weighted by atomic mass is 16.4. The monoisotopic (exact) mass is 205 g/mol. The Hall–Kier alpha value is -0.240. The standard InChI is InChI=1S/C8H15NO5/c1-9-4-3(10)2-8(9,14)7(13)6(12)5(4)11/h3-7,10-14H,2H2,1H3. The third kappa shape index (κ3) is 1.01. The largest absolute Gasteiger partial charge is 0.391 e. The quantitative estimate of drug-likeness (QED) is 0.286. The Labute approximate surface area is 81.0 Å². The van der Waals surface area contributed by atoms with E-state index in [0.29, 0.717) is 0 Å². The maximum atomic E-state index is 9.96. The minimum atomic E-state index is -1.64. The summed E-state index contributed by atoms with van der Waals surface area (Å²) in [6, 6.07) is -0.724. The predicted octanol–water partition coefficient (Wildman–Crippen LogP) is -3.16. The van der Waals surface area contributed by atoms with Gasteiger partial charge in [-0.15, -0.1) is 0 Å². The maximum absolute atomic E-state index is 9.96. The van der Waals surface area contributed by atoms with Gasteiger partial charge in [-0.2, -0.15) is 0 Å². The van der Waals surface area contributed by atoms with Crippen LogP contribution in [-0.2, 0) is 0 Å². The first kappa shape index (κ1) is 10.3. The van der Waals surface area contributed by atoms with E-state index >= 15 is 0 Å². The summed E-state index contributed by atoms with van der Waals surface area (Å²) < 4.78 is 0. The summed E-state index contributed by atoms with van der Waals surface area (Å²) in [4.78, 5) is 1.32. The smallest absolute Gasteiger partial charge is 0.149 e. The van der Waals surface area contributed by atoms with Gasteiger partial charge in [-0.05, 0) is 7.05 Å². The lowest BCUT2D eigenvalue weighted by Gasteiger charge is -2.46. The van der Waals surface area contributed by atoms with Gasteiger partial charge in [0.1, 0.15) is 24.0 Å². The van der Waals surface area contributed by atoms with E-state index in [2.05, 4.69) is 0 Å². The van der Waals surface area contributed by atoms with Crippen LogP contribution in [0.25, 0.3) is 0 Å². The summed E-state index contributed by atoms with van der Waals surface area (Å²) >= 11 is 0. The number of aliphatic hydroxyl groups excluding tert-OH is 4. The van der Waals surface area contributed by atoms with Crippen LogP contribution in [0.2, 0.25) is 0 Å². The molecule has 2 heterocycles. The van der Waals surface area contributed by atoms with Crippen LogP contribution in [0.1, 0.15) is 6.42 Å². The van der Waals surface area contributed by atoms with Gasteiger partial charge >= 0.3 is 0 Å². The van der Waals surface area contributed by atoms with Crippen molar-refractivity contribution in [2.75, 3.05) is 7.05 Å². The van der Waals surface area contributed by atoms with E-state index in [1.165, 1.54) is 11.9 Å². The highest BCUT2D eigenvalue weighted by molar-refractivity contribution is 5.12. The first-order valence-electron chi connectivity index (χ1n) is 4.57. The van der Waals surface area contributed by atoms with Crippen molar-refractivity contribution in [3.05, 3.63) is 0 Å². The SMILES string of the molecule is CN1C2C(O)CC1(O)C(O)C(O)C2O. The molecule has 14 heavy (non-hydrogen) atoms. The average molecular weight is 205 g/mol. The van der Waals surface area contributed by atoms with Gasteiger partial charge in [0, 0.05) is 6.42 Å². The zero-order valence-corrected chi connectivity index (χ0v) is 7.78. The molecule has 2 rings (SSSR count). The van der Waals surface area contributed by atoms with Crippen molar-refractivity contribution in [1.82, 2.24) is 4.90 Å². The van der Waals surface area contributed by atoms with Gasteiger partial charge in [0.15, 0.2) is 0 Å². The van der Waals surface area contributed by atoms with Gasteiger partial charge in [0.05, 0.1) is 12.1 Å². The fraction of sp³-hybridized carbons (Fsp3) is 1.00. The van der Waals surface area contributed by atoms with Crippen LogP contribution < -0.4 is 0 Å². The van der Waals surface area contributed by atoms with Gasteiger partial charge in [0.25, 0.3) is 0 Å². The molecule has 5 N–H and O–H groups in total.